The van der Waals surface area contributed by atoms with Crippen LogP contribution in [0.4, 0.5) is 11.4 Å². The standard InChI is InChI=1S/C18H18N2O3S/c1-12-5-7-15(10-17(12)20(22)23)19-18(21)11-24-16-8-6-13-3-2-4-14(13)9-16/h5-10H,2-4,11H2,1H3,(H,19,21). The lowest BCUT2D eigenvalue weighted by Gasteiger charge is -2.07. The number of nitro groups is 1. The maximum absolute atomic E-state index is 12.1. The molecule has 1 aliphatic rings. The largest absolute Gasteiger partial charge is 0.325 e. The molecule has 1 N–H and O–H groups in total. The van der Waals surface area contributed by atoms with Crippen LogP contribution < -0.4 is 5.32 Å². The molecular weight excluding hydrogens is 324 g/mol. The number of aryl methyl sites for hydroxylation is 3. The van der Waals surface area contributed by atoms with Crippen LogP contribution in [0.15, 0.2) is 41.3 Å². The molecule has 0 saturated carbocycles. The van der Waals surface area contributed by atoms with E-state index in [1.54, 1.807) is 19.1 Å². The van der Waals surface area contributed by atoms with E-state index in [2.05, 4.69) is 23.5 Å². The third-order valence-electron chi connectivity index (χ3n) is 4.13. The van der Waals surface area contributed by atoms with E-state index in [0.717, 1.165) is 17.7 Å². The Morgan fingerprint density at radius 2 is 2.00 bits per heavy atom. The number of carbonyl (C=O) groups excluding carboxylic acids is 1. The van der Waals surface area contributed by atoms with Gasteiger partial charge >= 0.3 is 0 Å². The first kappa shape index (κ1) is 16.5. The monoisotopic (exact) mass is 342 g/mol. The summed E-state index contributed by atoms with van der Waals surface area (Å²) in [4.78, 5) is 23.7. The molecule has 1 amide bonds. The third-order valence-corrected chi connectivity index (χ3v) is 5.12. The van der Waals surface area contributed by atoms with Gasteiger partial charge in [-0.1, -0.05) is 12.1 Å². The highest BCUT2D eigenvalue weighted by molar-refractivity contribution is 8.00. The van der Waals surface area contributed by atoms with Crippen molar-refractivity contribution in [3.8, 4) is 0 Å². The van der Waals surface area contributed by atoms with E-state index in [1.807, 2.05) is 0 Å². The predicted octanol–water partition coefficient (Wildman–Crippen LogP) is 4.12. The Hall–Kier alpha value is -2.34. The van der Waals surface area contributed by atoms with Gasteiger partial charge in [0.1, 0.15) is 0 Å². The molecule has 0 fully saturated rings. The van der Waals surface area contributed by atoms with Crippen molar-refractivity contribution in [1.29, 1.82) is 0 Å². The van der Waals surface area contributed by atoms with Crippen LogP contribution in [0.25, 0.3) is 0 Å². The van der Waals surface area contributed by atoms with Gasteiger partial charge in [0.15, 0.2) is 0 Å². The number of fused-ring (bicyclic) bond motifs is 1. The number of hydrogen-bond donors (Lipinski definition) is 1. The van der Waals surface area contributed by atoms with Crippen molar-refractivity contribution in [1.82, 2.24) is 0 Å². The molecule has 0 unspecified atom stereocenters. The summed E-state index contributed by atoms with van der Waals surface area (Å²) < 4.78 is 0. The average molecular weight is 342 g/mol. The molecule has 0 heterocycles. The van der Waals surface area contributed by atoms with Gasteiger partial charge in [-0.25, -0.2) is 0 Å². The van der Waals surface area contributed by atoms with E-state index in [-0.39, 0.29) is 17.3 Å². The normalized spacial score (nSPS) is 12.7. The molecule has 0 saturated heterocycles. The summed E-state index contributed by atoms with van der Waals surface area (Å²) in [5.41, 5.74) is 3.83. The second-order valence-electron chi connectivity index (χ2n) is 5.88. The molecule has 0 atom stereocenters. The van der Waals surface area contributed by atoms with Crippen LogP contribution >= 0.6 is 11.8 Å². The molecule has 5 nitrogen and oxygen atoms in total. The zero-order valence-corrected chi connectivity index (χ0v) is 14.2. The Morgan fingerprint density at radius 3 is 2.79 bits per heavy atom. The van der Waals surface area contributed by atoms with Crippen molar-refractivity contribution in [3.05, 3.63) is 63.2 Å². The molecule has 0 bridgehead atoms. The first-order valence-electron chi connectivity index (χ1n) is 7.82. The minimum atomic E-state index is -0.440. The molecule has 6 heteroatoms. The molecule has 3 rings (SSSR count). The fourth-order valence-corrected chi connectivity index (χ4v) is 3.63. The van der Waals surface area contributed by atoms with Crippen molar-refractivity contribution in [2.75, 3.05) is 11.1 Å². The summed E-state index contributed by atoms with van der Waals surface area (Å²) >= 11 is 1.48. The average Bonchev–Trinajstić information content (AvgIpc) is 3.02. The summed E-state index contributed by atoms with van der Waals surface area (Å²) in [6, 6.07) is 11.1. The number of anilines is 1. The number of thioether (sulfide) groups is 1. The highest BCUT2D eigenvalue weighted by atomic mass is 32.2. The molecule has 2 aromatic carbocycles. The van der Waals surface area contributed by atoms with Gasteiger partial charge in [0.2, 0.25) is 5.91 Å². The predicted molar refractivity (Wildman–Crippen MR) is 95.7 cm³/mol. The summed E-state index contributed by atoms with van der Waals surface area (Å²) in [5, 5.41) is 13.7. The molecule has 0 aromatic heterocycles. The van der Waals surface area contributed by atoms with Crippen LogP contribution in [0, 0.1) is 17.0 Å². The first-order chi connectivity index (χ1) is 11.5. The lowest BCUT2D eigenvalue weighted by molar-refractivity contribution is -0.385. The number of carbonyl (C=O) groups is 1. The van der Waals surface area contributed by atoms with Crippen molar-refractivity contribution < 1.29 is 9.72 Å². The molecule has 124 valence electrons. The van der Waals surface area contributed by atoms with Crippen LogP contribution in [-0.4, -0.2) is 16.6 Å². The molecular formula is C18H18N2O3S. The Labute approximate surface area is 144 Å². The fourth-order valence-electron chi connectivity index (χ4n) is 2.87. The third kappa shape index (κ3) is 3.76. The van der Waals surface area contributed by atoms with Crippen LogP contribution in [-0.2, 0) is 17.6 Å². The minimum Gasteiger partial charge on any atom is -0.325 e. The van der Waals surface area contributed by atoms with E-state index in [1.165, 1.54) is 35.4 Å². The lowest BCUT2D eigenvalue weighted by atomic mass is 10.1. The molecule has 24 heavy (non-hydrogen) atoms. The summed E-state index contributed by atoms with van der Waals surface area (Å²) in [7, 11) is 0. The second kappa shape index (κ2) is 7.05. The van der Waals surface area contributed by atoms with E-state index < -0.39 is 4.92 Å². The quantitative estimate of drug-likeness (QED) is 0.504. The number of nitrogens with one attached hydrogen (secondary N) is 1. The van der Waals surface area contributed by atoms with Crippen LogP contribution in [0.3, 0.4) is 0 Å². The van der Waals surface area contributed by atoms with E-state index in [9.17, 15) is 14.9 Å². The smallest absolute Gasteiger partial charge is 0.274 e. The van der Waals surface area contributed by atoms with Crippen molar-refractivity contribution in [2.24, 2.45) is 0 Å². The number of hydrogen-bond acceptors (Lipinski definition) is 4. The maximum Gasteiger partial charge on any atom is 0.274 e. The molecule has 1 aliphatic carbocycles. The zero-order chi connectivity index (χ0) is 17.1. The van der Waals surface area contributed by atoms with Crippen molar-refractivity contribution in [3.63, 3.8) is 0 Å². The van der Waals surface area contributed by atoms with Crippen LogP contribution in [0.2, 0.25) is 0 Å². The zero-order valence-electron chi connectivity index (χ0n) is 13.4. The van der Waals surface area contributed by atoms with Crippen LogP contribution in [0.1, 0.15) is 23.1 Å². The Kier molecular flexibility index (Phi) is 4.85. The Bertz CT molecular complexity index is 805. The van der Waals surface area contributed by atoms with E-state index in [0.29, 0.717) is 11.3 Å². The lowest BCUT2D eigenvalue weighted by Crippen LogP contribution is -2.14. The van der Waals surface area contributed by atoms with Gasteiger partial charge in [-0.3, -0.25) is 14.9 Å². The molecule has 0 aliphatic heterocycles. The van der Waals surface area contributed by atoms with Gasteiger partial charge < -0.3 is 5.32 Å². The number of amides is 1. The van der Waals surface area contributed by atoms with Crippen molar-refractivity contribution in [2.45, 2.75) is 31.1 Å². The van der Waals surface area contributed by atoms with Gasteiger partial charge in [0.25, 0.3) is 5.69 Å². The second-order valence-corrected chi connectivity index (χ2v) is 6.93. The minimum absolute atomic E-state index is 0.0130. The van der Waals surface area contributed by atoms with Crippen molar-refractivity contribution >= 4 is 29.0 Å². The number of benzene rings is 2. The van der Waals surface area contributed by atoms with Gasteiger partial charge in [0.05, 0.1) is 10.7 Å². The summed E-state index contributed by atoms with van der Waals surface area (Å²) in [6.45, 7) is 1.67. The van der Waals surface area contributed by atoms with Crippen LogP contribution in [0.5, 0.6) is 0 Å². The number of nitro benzene ring substituents is 1. The van der Waals surface area contributed by atoms with E-state index >= 15 is 0 Å². The Morgan fingerprint density at radius 1 is 1.21 bits per heavy atom. The van der Waals surface area contributed by atoms with Gasteiger partial charge in [0, 0.05) is 22.2 Å². The summed E-state index contributed by atoms with van der Waals surface area (Å²) in [5.74, 6) is 0.110. The van der Waals surface area contributed by atoms with E-state index in [4.69, 9.17) is 0 Å². The highest BCUT2D eigenvalue weighted by Crippen LogP contribution is 2.28. The van der Waals surface area contributed by atoms with Gasteiger partial charge in [-0.2, -0.15) is 0 Å². The number of rotatable bonds is 5. The summed E-state index contributed by atoms with van der Waals surface area (Å²) in [6.07, 6.45) is 3.46. The molecule has 2 aromatic rings. The number of nitrogens with zero attached hydrogens (tertiary/aromatic N) is 1. The maximum atomic E-state index is 12.1. The topological polar surface area (TPSA) is 72.2 Å². The van der Waals surface area contributed by atoms with Gasteiger partial charge in [-0.15, -0.1) is 11.8 Å². The fraction of sp³-hybridized carbons (Fsp3) is 0.278. The molecule has 0 radical (unpaired) electrons. The SMILES string of the molecule is Cc1ccc(NC(=O)CSc2ccc3c(c2)CCC3)cc1[N+](=O)[O-]. The van der Waals surface area contributed by atoms with Gasteiger partial charge in [-0.05, 0) is 55.5 Å². The highest BCUT2D eigenvalue weighted by Gasteiger charge is 2.14. The Balaban J connectivity index is 1.60. The molecule has 0 spiro atoms. The first-order valence-corrected chi connectivity index (χ1v) is 8.81.